The number of benzene rings is 1. The number of carbonyl (C=O) groups excluding carboxylic acids is 2. The fourth-order valence-electron chi connectivity index (χ4n) is 2.67. The topological polar surface area (TPSA) is 86.8 Å². The summed E-state index contributed by atoms with van der Waals surface area (Å²) in [5.41, 5.74) is 0.512. The highest BCUT2D eigenvalue weighted by atomic mass is 35.5. The van der Waals surface area contributed by atoms with Gasteiger partial charge in [0.15, 0.2) is 6.04 Å². The number of amides is 1. The first-order valence-corrected chi connectivity index (χ1v) is 8.90. The van der Waals surface area contributed by atoms with Crippen LogP contribution in [-0.4, -0.2) is 43.3 Å². The number of nitrogens with one attached hydrogen (secondary N) is 1. The van der Waals surface area contributed by atoms with Crippen LogP contribution in [0, 0.1) is 5.82 Å². The van der Waals surface area contributed by atoms with Crippen LogP contribution in [0.1, 0.15) is 28.4 Å². The average Bonchev–Trinajstić information content (AvgIpc) is 3.21. The van der Waals surface area contributed by atoms with E-state index in [0.29, 0.717) is 18.8 Å². The third-order valence-corrected chi connectivity index (χ3v) is 4.42. The maximum atomic E-state index is 13.1. The molecule has 0 radical (unpaired) electrons. The molecular formula is C19H18ClFN2O5. The van der Waals surface area contributed by atoms with Crippen molar-refractivity contribution in [1.82, 2.24) is 10.3 Å². The number of esters is 1. The highest BCUT2D eigenvalue weighted by Crippen LogP contribution is 2.25. The number of rotatable bonds is 6. The van der Waals surface area contributed by atoms with Crippen molar-refractivity contribution in [3.63, 3.8) is 0 Å². The predicted molar refractivity (Wildman–Crippen MR) is 97.7 cm³/mol. The Labute approximate surface area is 165 Å². The lowest BCUT2D eigenvalue weighted by molar-refractivity contribution is -0.143. The summed E-state index contributed by atoms with van der Waals surface area (Å²) in [6.45, 7) is 1.07. The van der Waals surface area contributed by atoms with E-state index in [0.717, 1.165) is 6.42 Å². The van der Waals surface area contributed by atoms with Gasteiger partial charge in [0.1, 0.15) is 16.9 Å². The van der Waals surface area contributed by atoms with Crippen LogP contribution in [0.2, 0.25) is 5.02 Å². The van der Waals surface area contributed by atoms with Crippen molar-refractivity contribution in [2.24, 2.45) is 0 Å². The zero-order valence-electron chi connectivity index (χ0n) is 15.0. The van der Waals surface area contributed by atoms with E-state index in [4.69, 9.17) is 25.8 Å². The average molecular weight is 409 g/mol. The molecule has 9 heteroatoms. The lowest BCUT2D eigenvalue weighted by atomic mass is 10.1. The van der Waals surface area contributed by atoms with Crippen LogP contribution in [0.15, 0.2) is 36.5 Å². The van der Waals surface area contributed by atoms with E-state index in [-0.39, 0.29) is 22.6 Å². The van der Waals surface area contributed by atoms with Crippen LogP contribution in [0.4, 0.5) is 4.39 Å². The molecule has 2 heterocycles. The van der Waals surface area contributed by atoms with Crippen LogP contribution in [-0.2, 0) is 14.3 Å². The van der Waals surface area contributed by atoms with Gasteiger partial charge in [0, 0.05) is 12.6 Å². The molecular weight excluding hydrogens is 391 g/mol. The van der Waals surface area contributed by atoms with Gasteiger partial charge < -0.3 is 19.5 Å². The van der Waals surface area contributed by atoms with Gasteiger partial charge in [-0.1, -0.05) is 23.7 Å². The van der Waals surface area contributed by atoms with Crippen molar-refractivity contribution < 1.29 is 28.2 Å². The van der Waals surface area contributed by atoms with Gasteiger partial charge >= 0.3 is 5.97 Å². The largest absolute Gasteiger partial charge is 0.471 e. The SMILES string of the molecule is COC(=O)C(NC(=O)c1cnc(OC2CCOC2)c(Cl)c1)c1ccc(F)cc1. The molecule has 1 saturated heterocycles. The third-order valence-electron chi connectivity index (χ3n) is 4.15. The minimum atomic E-state index is -1.11. The Morgan fingerprint density at radius 2 is 2.11 bits per heavy atom. The summed E-state index contributed by atoms with van der Waals surface area (Å²) in [6.07, 6.45) is 1.90. The van der Waals surface area contributed by atoms with Gasteiger partial charge in [-0.15, -0.1) is 0 Å². The number of aromatic nitrogens is 1. The zero-order chi connectivity index (χ0) is 20.1. The van der Waals surface area contributed by atoms with Crippen LogP contribution in [0.25, 0.3) is 0 Å². The molecule has 0 bridgehead atoms. The van der Waals surface area contributed by atoms with E-state index in [9.17, 15) is 14.0 Å². The number of ether oxygens (including phenoxy) is 3. The maximum Gasteiger partial charge on any atom is 0.333 e. The molecule has 0 spiro atoms. The number of carbonyl (C=O) groups is 2. The number of methoxy groups -OCH3 is 1. The number of hydrogen-bond acceptors (Lipinski definition) is 6. The Balaban J connectivity index is 1.74. The van der Waals surface area contributed by atoms with Crippen molar-refractivity contribution in [1.29, 1.82) is 0 Å². The summed E-state index contributed by atoms with van der Waals surface area (Å²) < 4.78 is 28.8. The fourth-order valence-corrected chi connectivity index (χ4v) is 2.88. The first-order valence-electron chi connectivity index (χ1n) is 8.52. The van der Waals surface area contributed by atoms with Crippen molar-refractivity contribution >= 4 is 23.5 Å². The van der Waals surface area contributed by atoms with Gasteiger partial charge in [-0.25, -0.2) is 14.2 Å². The molecule has 1 aromatic carbocycles. The Bertz CT molecular complexity index is 856. The molecule has 2 unspecified atom stereocenters. The Kier molecular flexibility index (Phi) is 6.43. The number of pyridine rings is 1. The molecule has 0 aliphatic carbocycles. The Morgan fingerprint density at radius 3 is 2.71 bits per heavy atom. The first-order chi connectivity index (χ1) is 13.5. The summed E-state index contributed by atoms with van der Waals surface area (Å²) in [5.74, 6) is -1.54. The maximum absolute atomic E-state index is 13.1. The lowest BCUT2D eigenvalue weighted by Crippen LogP contribution is -2.34. The van der Waals surface area contributed by atoms with E-state index >= 15 is 0 Å². The van der Waals surface area contributed by atoms with E-state index < -0.39 is 23.7 Å². The van der Waals surface area contributed by atoms with Gasteiger partial charge in [0.2, 0.25) is 5.88 Å². The van der Waals surface area contributed by atoms with Crippen molar-refractivity contribution in [2.75, 3.05) is 20.3 Å². The minimum Gasteiger partial charge on any atom is -0.471 e. The zero-order valence-corrected chi connectivity index (χ0v) is 15.7. The third kappa shape index (κ3) is 4.76. The molecule has 2 atom stereocenters. The summed E-state index contributed by atoms with van der Waals surface area (Å²) in [7, 11) is 1.20. The Hall–Kier alpha value is -2.71. The van der Waals surface area contributed by atoms with Crippen molar-refractivity contribution in [3.8, 4) is 5.88 Å². The second kappa shape index (κ2) is 8.99. The van der Waals surface area contributed by atoms with Gasteiger partial charge in [0.05, 0.1) is 25.9 Å². The molecule has 28 heavy (non-hydrogen) atoms. The lowest BCUT2D eigenvalue weighted by Gasteiger charge is -2.17. The molecule has 1 aliphatic heterocycles. The second-order valence-electron chi connectivity index (χ2n) is 6.10. The second-order valence-corrected chi connectivity index (χ2v) is 6.50. The minimum absolute atomic E-state index is 0.133. The molecule has 1 aliphatic rings. The quantitative estimate of drug-likeness (QED) is 0.739. The molecule has 2 aromatic rings. The van der Waals surface area contributed by atoms with E-state index in [1.165, 1.54) is 43.6 Å². The first kappa shape index (κ1) is 20.0. The highest BCUT2D eigenvalue weighted by Gasteiger charge is 2.25. The van der Waals surface area contributed by atoms with Gasteiger partial charge in [0.25, 0.3) is 5.91 Å². The molecule has 7 nitrogen and oxygen atoms in total. The van der Waals surface area contributed by atoms with Gasteiger partial charge in [-0.05, 0) is 23.8 Å². The molecule has 1 N–H and O–H groups in total. The van der Waals surface area contributed by atoms with Gasteiger partial charge in [-0.2, -0.15) is 0 Å². The van der Waals surface area contributed by atoms with Crippen LogP contribution >= 0.6 is 11.6 Å². The fraction of sp³-hybridized carbons (Fsp3) is 0.316. The van der Waals surface area contributed by atoms with Crippen LogP contribution in [0.3, 0.4) is 0 Å². The highest BCUT2D eigenvalue weighted by molar-refractivity contribution is 6.32. The molecule has 148 valence electrons. The monoisotopic (exact) mass is 408 g/mol. The normalized spacial score (nSPS) is 17.0. The smallest absolute Gasteiger partial charge is 0.333 e. The standard InChI is InChI=1S/C19H18ClFN2O5/c1-26-19(25)16(11-2-4-13(21)5-3-11)23-17(24)12-8-15(20)18(22-9-12)28-14-6-7-27-10-14/h2-5,8-9,14,16H,6-7,10H2,1H3,(H,23,24). The number of nitrogens with zero attached hydrogens (tertiary/aromatic N) is 1. The predicted octanol–water partition coefficient (Wildman–Crippen LogP) is 2.69. The summed E-state index contributed by atoms with van der Waals surface area (Å²) >= 11 is 6.17. The van der Waals surface area contributed by atoms with Crippen LogP contribution in [0.5, 0.6) is 5.88 Å². The summed E-state index contributed by atoms with van der Waals surface area (Å²) in [5, 5.41) is 2.71. The molecule has 1 aromatic heterocycles. The Morgan fingerprint density at radius 1 is 1.36 bits per heavy atom. The molecule has 3 rings (SSSR count). The molecule has 1 fully saturated rings. The number of halogens is 2. The van der Waals surface area contributed by atoms with Crippen molar-refractivity contribution in [2.45, 2.75) is 18.6 Å². The van der Waals surface area contributed by atoms with E-state index in [1.54, 1.807) is 0 Å². The molecule has 1 amide bonds. The van der Waals surface area contributed by atoms with E-state index in [2.05, 4.69) is 10.3 Å². The summed E-state index contributed by atoms with van der Waals surface area (Å²) in [6, 6.07) is 5.45. The summed E-state index contributed by atoms with van der Waals surface area (Å²) in [4.78, 5) is 28.7. The van der Waals surface area contributed by atoms with Gasteiger partial charge in [-0.3, -0.25) is 4.79 Å². The molecule has 0 saturated carbocycles. The van der Waals surface area contributed by atoms with Crippen LogP contribution < -0.4 is 10.1 Å². The van der Waals surface area contributed by atoms with E-state index in [1.807, 2.05) is 0 Å². The number of hydrogen-bond donors (Lipinski definition) is 1. The van der Waals surface area contributed by atoms with Crippen molar-refractivity contribution in [3.05, 3.63) is 58.5 Å².